The topological polar surface area (TPSA) is 125 Å². The second kappa shape index (κ2) is 7.85. The lowest BCUT2D eigenvalue weighted by atomic mass is 10.2. The van der Waals surface area contributed by atoms with Gasteiger partial charge in [-0.05, 0) is 19.1 Å². The van der Waals surface area contributed by atoms with Crippen molar-refractivity contribution in [3.8, 4) is 5.75 Å². The fourth-order valence-electron chi connectivity index (χ4n) is 3.35. The van der Waals surface area contributed by atoms with Crippen LogP contribution in [0.3, 0.4) is 0 Å². The first-order valence-corrected chi connectivity index (χ1v) is 9.36. The van der Waals surface area contributed by atoms with Crippen LogP contribution in [0, 0.1) is 6.92 Å². The average Bonchev–Trinajstić information content (AvgIpc) is 3.12. The summed E-state index contributed by atoms with van der Waals surface area (Å²) in [6.07, 6.45) is 2.57. The number of carbonyl (C=O) groups is 2. The smallest absolute Gasteiger partial charge is 0.407 e. The molecular formula is C19H21N7O4. The monoisotopic (exact) mass is 411 g/mol. The Balaban J connectivity index is 1.46. The van der Waals surface area contributed by atoms with E-state index in [2.05, 4.69) is 20.5 Å². The Morgan fingerprint density at radius 3 is 2.53 bits per heavy atom. The van der Waals surface area contributed by atoms with Gasteiger partial charge < -0.3 is 29.4 Å². The maximum atomic E-state index is 12.8. The molecule has 0 atom stereocenters. The second-order valence-electron chi connectivity index (χ2n) is 6.89. The number of amides is 2. The van der Waals surface area contributed by atoms with Crippen LogP contribution in [-0.4, -0.2) is 74.9 Å². The molecular weight excluding hydrogens is 390 g/mol. The Labute approximate surface area is 171 Å². The van der Waals surface area contributed by atoms with Gasteiger partial charge in [0.05, 0.1) is 18.4 Å². The van der Waals surface area contributed by atoms with Crippen LogP contribution in [0.15, 0.2) is 30.6 Å². The molecule has 0 aromatic carbocycles. The number of carboxylic acid groups (broad SMARTS) is 1. The third-order valence-electron chi connectivity index (χ3n) is 4.91. The average molecular weight is 411 g/mol. The largest absolute Gasteiger partial charge is 0.496 e. The molecule has 1 aliphatic heterocycles. The highest BCUT2D eigenvalue weighted by Crippen LogP contribution is 2.22. The Morgan fingerprint density at radius 2 is 1.90 bits per heavy atom. The summed E-state index contributed by atoms with van der Waals surface area (Å²) in [4.78, 5) is 31.5. The molecule has 3 aromatic heterocycles. The number of piperazine rings is 1. The van der Waals surface area contributed by atoms with E-state index in [1.165, 1.54) is 12.0 Å². The SMILES string of the molecule is COc1cc2nc(C)cn2cc1C(=O)Nc1ccc(N2CCN(C(=O)O)CC2)nn1. The fraction of sp³-hybridized carbons (Fsp3) is 0.316. The van der Waals surface area contributed by atoms with Crippen molar-refractivity contribution >= 4 is 29.3 Å². The van der Waals surface area contributed by atoms with Gasteiger partial charge in [-0.25, -0.2) is 9.78 Å². The molecule has 3 aromatic rings. The summed E-state index contributed by atoms with van der Waals surface area (Å²) < 4.78 is 7.11. The number of nitrogens with zero attached hydrogens (tertiary/aromatic N) is 6. The molecule has 0 unspecified atom stereocenters. The molecule has 0 spiro atoms. The van der Waals surface area contributed by atoms with Gasteiger partial charge in [-0.1, -0.05) is 0 Å². The van der Waals surface area contributed by atoms with Gasteiger partial charge in [-0.15, -0.1) is 10.2 Å². The number of methoxy groups -OCH3 is 1. The first kappa shape index (κ1) is 19.4. The van der Waals surface area contributed by atoms with Crippen molar-refractivity contribution in [1.82, 2.24) is 24.5 Å². The first-order chi connectivity index (χ1) is 14.4. The number of aromatic nitrogens is 4. The van der Waals surface area contributed by atoms with E-state index in [0.717, 1.165) is 5.69 Å². The second-order valence-corrected chi connectivity index (χ2v) is 6.89. The molecule has 11 heteroatoms. The van der Waals surface area contributed by atoms with Gasteiger partial charge in [0.15, 0.2) is 11.6 Å². The molecule has 0 radical (unpaired) electrons. The summed E-state index contributed by atoms with van der Waals surface area (Å²) in [5.74, 6) is 0.964. The van der Waals surface area contributed by atoms with E-state index in [4.69, 9.17) is 9.84 Å². The molecule has 11 nitrogen and oxygen atoms in total. The van der Waals surface area contributed by atoms with Crippen molar-refractivity contribution in [2.45, 2.75) is 6.92 Å². The number of carbonyl (C=O) groups excluding carboxylic acids is 1. The molecule has 0 bridgehead atoms. The summed E-state index contributed by atoms with van der Waals surface area (Å²) in [5, 5.41) is 20.0. The van der Waals surface area contributed by atoms with Crippen LogP contribution in [0.25, 0.3) is 5.65 Å². The maximum absolute atomic E-state index is 12.8. The van der Waals surface area contributed by atoms with Crippen molar-refractivity contribution in [3.63, 3.8) is 0 Å². The standard InChI is InChI=1S/C19H21N7O4/c1-12-10-26-11-13(14(30-2)9-17(26)20-12)18(27)21-15-3-4-16(23-22-15)24-5-7-25(8-6-24)19(28)29/h3-4,9-11H,5-8H2,1-2H3,(H,28,29)(H,21,22,27). The van der Waals surface area contributed by atoms with Crippen LogP contribution < -0.4 is 15.0 Å². The van der Waals surface area contributed by atoms with Gasteiger partial charge in [-0.3, -0.25) is 4.79 Å². The highest BCUT2D eigenvalue weighted by atomic mass is 16.5. The van der Waals surface area contributed by atoms with Gasteiger partial charge in [-0.2, -0.15) is 0 Å². The molecule has 1 saturated heterocycles. The zero-order chi connectivity index (χ0) is 21.3. The van der Waals surface area contributed by atoms with Gasteiger partial charge in [0.25, 0.3) is 5.91 Å². The van der Waals surface area contributed by atoms with Crippen molar-refractivity contribution in [2.75, 3.05) is 43.5 Å². The number of hydrogen-bond acceptors (Lipinski definition) is 7. The minimum absolute atomic E-state index is 0.303. The highest BCUT2D eigenvalue weighted by Gasteiger charge is 2.22. The van der Waals surface area contributed by atoms with E-state index in [0.29, 0.717) is 54.8 Å². The summed E-state index contributed by atoms with van der Waals surface area (Å²) in [5.41, 5.74) is 1.87. The Morgan fingerprint density at radius 1 is 1.13 bits per heavy atom. The summed E-state index contributed by atoms with van der Waals surface area (Å²) in [7, 11) is 1.50. The lowest BCUT2D eigenvalue weighted by molar-refractivity contribution is 0.102. The highest BCUT2D eigenvalue weighted by molar-refractivity contribution is 6.05. The zero-order valence-electron chi connectivity index (χ0n) is 16.6. The van der Waals surface area contributed by atoms with Crippen molar-refractivity contribution in [3.05, 3.63) is 41.9 Å². The predicted octanol–water partition coefficient (Wildman–Crippen LogP) is 1.49. The molecule has 1 fully saturated rings. The summed E-state index contributed by atoms with van der Waals surface area (Å²) in [6, 6.07) is 5.11. The molecule has 30 heavy (non-hydrogen) atoms. The van der Waals surface area contributed by atoms with Crippen LogP contribution in [0.1, 0.15) is 16.1 Å². The zero-order valence-corrected chi connectivity index (χ0v) is 16.6. The van der Waals surface area contributed by atoms with Crippen molar-refractivity contribution in [2.24, 2.45) is 0 Å². The van der Waals surface area contributed by atoms with Gasteiger partial charge in [0.1, 0.15) is 11.4 Å². The number of ether oxygens (including phenoxy) is 1. The van der Waals surface area contributed by atoms with Crippen molar-refractivity contribution < 1.29 is 19.4 Å². The summed E-state index contributed by atoms with van der Waals surface area (Å²) >= 11 is 0. The number of hydrogen-bond donors (Lipinski definition) is 2. The van der Waals surface area contributed by atoms with Crippen molar-refractivity contribution in [1.29, 1.82) is 0 Å². The number of fused-ring (bicyclic) bond motifs is 1. The molecule has 0 aliphatic carbocycles. The third kappa shape index (κ3) is 3.81. The van der Waals surface area contributed by atoms with Crippen LogP contribution in [0.2, 0.25) is 0 Å². The molecule has 2 N–H and O–H groups in total. The fourth-order valence-corrected chi connectivity index (χ4v) is 3.35. The van der Waals surface area contributed by atoms with Gasteiger partial charge in [0.2, 0.25) is 0 Å². The van der Waals surface area contributed by atoms with E-state index in [1.807, 2.05) is 18.0 Å². The van der Waals surface area contributed by atoms with Crippen LogP contribution in [-0.2, 0) is 0 Å². The molecule has 156 valence electrons. The normalized spacial score (nSPS) is 14.1. The number of anilines is 2. The Kier molecular flexibility index (Phi) is 5.09. The Hall–Kier alpha value is -3.89. The minimum Gasteiger partial charge on any atom is -0.496 e. The third-order valence-corrected chi connectivity index (χ3v) is 4.91. The van der Waals surface area contributed by atoms with E-state index in [9.17, 15) is 9.59 Å². The first-order valence-electron chi connectivity index (χ1n) is 9.36. The van der Waals surface area contributed by atoms with E-state index >= 15 is 0 Å². The quantitative estimate of drug-likeness (QED) is 0.662. The van der Waals surface area contributed by atoms with Gasteiger partial charge >= 0.3 is 6.09 Å². The van der Waals surface area contributed by atoms with E-state index in [1.54, 1.807) is 28.8 Å². The number of nitrogens with one attached hydrogen (secondary N) is 1. The number of rotatable bonds is 4. The van der Waals surface area contributed by atoms with E-state index in [-0.39, 0.29) is 5.91 Å². The molecule has 1 aliphatic rings. The van der Waals surface area contributed by atoms with Crippen LogP contribution >= 0.6 is 0 Å². The maximum Gasteiger partial charge on any atom is 0.407 e. The number of imidazole rings is 1. The van der Waals surface area contributed by atoms with Gasteiger partial charge in [0, 0.05) is 44.6 Å². The predicted molar refractivity (Wildman–Crippen MR) is 108 cm³/mol. The van der Waals surface area contributed by atoms with Crippen LogP contribution in [0.5, 0.6) is 5.75 Å². The molecule has 0 saturated carbocycles. The number of aryl methyl sites for hydroxylation is 1. The lowest BCUT2D eigenvalue weighted by Gasteiger charge is -2.33. The minimum atomic E-state index is -0.918. The number of pyridine rings is 1. The Bertz CT molecular complexity index is 1090. The van der Waals surface area contributed by atoms with Crippen LogP contribution in [0.4, 0.5) is 16.4 Å². The van der Waals surface area contributed by atoms with E-state index < -0.39 is 6.09 Å². The summed E-state index contributed by atoms with van der Waals surface area (Å²) in [6.45, 7) is 3.76. The molecule has 2 amide bonds. The molecule has 4 rings (SSSR count). The lowest BCUT2D eigenvalue weighted by Crippen LogP contribution is -2.48. The molecule has 4 heterocycles.